The number of phenols is 1. The number of unbranched alkanes of at least 4 members (excludes halogenated alkanes) is 2. The van der Waals surface area contributed by atoms with Crippen LogP contribution < -0.4 is 50.0 Å². The standard InChI is InChI=1S/C59H65N9O4SSi.C34H41N7O3.C25H24N6O/c1-65(2)41-16-21-47-53(37-41)74(6,54-38-42(66(3)4)17-22-48(54)56(47)45-11-7-8-12-46(45)59(70)71)34-33-73-32-25-55(69)60-26-9-10-31-72-44-19-13-39(14-20-44)57-61-49-23-15-40(35-51(49)63-57)58-62-50-24-18-43(36-52(50)64-58)68-29-27-67(5)28-30-68;1-34(2,3)44-33(42)35-15-5-6-20-43-26-11-7-23(8-12-26)31-36-27-13-9-24(21-29(27)38-31)32-37-28-14-10-25(22-30(28)39-32)41-18-16-40(4)17-19-41;1-30-10-12-31(13-11-30)18-5-9-21-23(15-18)29-25(27-21)17-4-8-20-22(14-17)28-24(26-20)16-2-6-19(32)7-3-16/h7-8,11-24,35-38H,9-10,25-34H2,1-6H3,(H3-,60,61,62,63,64,69,70,71);7-14,21-22H,5-6,15-20H2,1-4H3,(H,35,42)(H,36,38)(H,37,39);2-9,14-15,32H,10-13H2,1H3,(H,26,28)(H,27,29). The van der Waals surface area contributed by atoms with Crippen LogP contribution in [0.15, 0.2) is 253 Å². The van der Waals surface area contributed by atoms with Crippen LogP contribution >= 0.6 is 11.8 Å². The number of benzene rings is 11. The minimum Gasteiger partial charge on any atom is -0.545 e. The van der Waals surface area contributed by atoms with Crippen LogP contribution in [-0.2, 0) is 9.53 Å². The highest BCUT2D eigenvalue weighted by atomic mass is 32.2. The maximum atomic E-state index is 13.0. The van der Waals surface area contributed by atoms with E-state index in [-0.39, 0.29) is 23.3 Å². The molecule has 3 saturated heterocycles. The maximum absolute atomic E-state index is 13.0. The minimum atomic E-state index is -2.41. The van der Waals surface area contributed by atoms with Crippen LogP contribution in [0.2, 0.25) is 12.6 Å². The van der Waals surface area contributed by atoms with E-state index in [0.717, 1.165) is 296 Å². The Morgan fingerprint density at radius 2 is 0.853 bits per heavy atom. The molecule has 11 aromatic carbocycles. The largest absolute Gasteiger partial charge is 0.545 e. The monoisotopic (exact) mass is 2040 g/mol. The summed E-state index contributed by atoms with van der Waals surface area (Å²) in [5.41, 5.74) is 26.8. The van der Waals surface area contributed by atoms with Crippen LogP contribution in [0.4, 0.5) is 27.5 Å². The van der Waals surface area contributed by atoms with Crippen LogP contribution in [0, 0.1) is 0 Å². The summed E-state index contributed by atoms with van der Waals surface area (Å²) in [7, 11) is 12.3. The van der Waals surface area contributed by atoms with Gasteiger partial charge in [-0.25, -0.2) is 39.3 Å². The maximum Gasteiger partial charge on any atom is 0.407 e. The third kappa shape index (κ3) is 23.6. The Bertz CT molecular complexity index is 7920. The lowest BCUT2D eigenvalue weighted by Crippen LogP contribution is -2.52. The molecule has 1 atom stereocenters. The number of allylic oxidation sites excluding steroid dienone is 5. The zero-order chi connectivity index (χ0) is 104. The Kier molecular flexibility index (Phi) is 30.4. The number of aromatic nitrogens is 12. The van der Waals surface area contributed by atoms with Gasteiger partial charge in [0.15, 0.2) is 5.71 Å². The highest BCUT2D eigenvalue weighted by Gasteiger charge is 2.44. The van der Waals surface area contributed by atoms with E-state index >= 15 is 0 Å². The topological polar surface area (TPSA) is 344 Å². The number of aromatic carboxylic acids is 1. The number of amides is 2. The predicted octanol–water partition coefficient (Wildman–Crippen LogP) is 18.3. The van der Waals surface area contributed by atoms with Crippen molar-refractivity contribution in [1.82, 2.24) is 85.1 Å². The number of carboxylic acid groups (broad SMARTS) is 1. The average molecular weight is 2040 g/mol. The van der Waals surface area contributed by atoms with E-state index in [1.165, 1.54) is 27.4 Å². The van der Waals surface area contributed by atoms with Gasteiger partial charge in [0.1, 0.15) is 80.0 Å². The molecule has 9 N–H and O–H groups in total. The van der Waals surface area contributed by atoms with Gasteiger partial charge in [0.05, 0.1) is 85.4 Å². The molecular weight excluding hydrogens is 1910 g/mol. The Morgan fingerprint density at radius 3 is 1.27 bits per heavy atom. The van der Waals surface area contributed by atoms with Gasteiger partial charge in [-0.2, -0.15) is 11.8 Å². The van der Waals surface area contributed by atoms with E-state index in [1.54, 1.807) is 24.3 Å². The molecule has 1 aliphatic carbocycles. The lowest BCUT2D eigenvalue weighted by atomic mass is 9.87. The summed E-state index contributed by atoms with van der Waals surface area (Å²) in [6, 6.07) is 75.7. The van der Waals surface area contributed by atoms with Crippen molar-refractivity contribution < 1.29 is 43.4 Å². The van der Waals surface area contributed by atoms with Crippen molar-refractivity contribution in [3.63, 3.8) is 0 Å². The van der Waals surface area contributed by atoms with Gasteiger partial charge in [0.25, 0.3) is 0 Å². The number of phenolic OH excluding ortho intramolecular Hbond substituents is 1. The predicted molar refractivity (Wildman–Crippen MR) is 607 cm³/mol. The number of carboxylic acids is 1. The van der Waals surface area contributed by atoms with E-state index in [4.69, 9.17) is 39.1 Å². The number of rotatable bonds is 30. The van der Waals surface area contributed by atoms with E-state index < -0.39 is 19.6 Å². The molecule has 0 spiro atoms. The highest BCUT2D eigenvalue weighted by Crippen LogP contribution is 2.46. The van der Waals surface area contributed by atoms with Crippen molar-refractivity contribution in [3.8, 4) is 85.6 Å². The SMILES string of the molecule is CN1CCN(c2ccc3nc(-c4ccc5nc(-c6ccc(O)cc6)[nH]c5c4)[nH]c3c2)CC1.CN1CCN(c2ccc3nc(-c4ccc5nc(-c6ccc(OCCCCNC(=O)CCSCC[Si]7(C)C8=CC(=[N+](C)C)C=CC8=C(c8ccccc8C(=O)[O-])c8ccc(N(C)C)cc87)cc6)[nH]c5c4)[nH]c3c2)CC1.CN1CCN(c2ccc3nc(-c4ccc5nc(-c6ccc(OCCCCNC(=O)OC(C)(C)C)cc6)[nH]c5c4)[nH]c3c2)CC1. The van der Waals surface area contributed by atoms with Gasteiger partial charge in [0, 0.05) is 192 Å². The Labute approximate surface area is 878 Å². The molecule has 10 heterocycles. The fourth-order valence-corrected chi connectivity index (χ4v) is 26.1. The van der Waals surface area contributed by atoms with Gasteiger partial charge >= 0.3 is 6.09 Å². The fraction of sp³-hybridized carbons (Fsp3) is 0.305. The van der Waals surface area contributed by atoms with Gasteiger partial charge in [0.2, 0.25) is 5.91 Å². The number of piperazine rings is 3. The number of aromatic amines is 6. The molecule has 2 amide bonds. The van der Waals surface area contributed by atoms with Crippen molar-refractivity contribution in [3.05, 3.63) is 270 Å². The first-order chi connectivity index (χ1) is 72.6. The number of H-pyrrole nitrogens is 6. The molecular formula is C118H130N22O8SSi. The van der Waals surface area contributed by atoms with Crippen LogP contribution in [0.5, 0.6) is 17.2 Å². The molecule has 17 aromatic rings. The van der Waals surface area contributed by atoms with Crippen LogP contribution in [0.3, 0.4) is 0 Å². The van der Waals surface area contributed by atoms with Gasteiger partial charge < -0.3 is 104 Å². The first-order valence-electron chi connectivity index (χ1n) is 51.8. The van der Waals surface area contributed by atoms with Gasteiger partial charge in [-0.1, -0.05) is 36.9 Å². The van der Waals surface area contributed by atoms with Crippen molar-refractivity contribution in [2.75, 3.05) is 185 Å². The number of hydrogen-bond acceptors (Lipinski definition) is 22. The number of imidazole rings is 6. The third-order valence-corrected chi connectivity index (χ3v) is 34.5. The third-order valence-electron chi connectivity index (χ3n) is 28.7. The van der Waals surface area contributed by atoms with Gasteiger partial charge in [-0.15, -0.1) is 0 Å². The number of aromatic hydroxyl groups is 1. The number of nitrogens with one attached hydrogen (secondary N) is 8. The minimum absolute atomic E-state index is 0.0644. The normalized spacial score (nSPS) is 15.6. The fourth-order valence-electron chi connectivity index (χ4n) is 20.0. The van der Waals surface area contributed by atoms with E-state index in [2.05, 4.69) is 262 Å². The molecule has 3 fully saturated rings. The van der Waals surface area contributed by atoms with Crippen LogP contribution in [0.25, 0.3) is 140 Å². The van der Waals surface area contributed by atoms with Crippen molar-refractivity contribution in [2.24, 2.45) is 0 Å². The van der Waals surface area contributed by atoms with E-state index in [9.17, 15) is 24.6 Å². The number of likely N-dealkylation sites (N-methyl/N-ethyl adjacent to an activating group) is 3. The first kappa shape index (κ1) is 102. The molecule has 6 aromatic heterocycles. The van der Waals surface area contributed by atoms with Crippen molar-refractivity contribution >= 4 is 143 Å². The van der Waals surface area contributed by atoms with E-state index in [1.807, 2.05) is 130 Å². The summed E-state index contributed by atoms with van der Waals surface area (Å²) >= 11 is 1.83. The molecule has 5 aliphatic rings. The second kappa shape index (κ2) is 44.8. The summed E-state index contributed by atoms with van der Waals surface area (Å²) in [6.45, 7) is 23.0. The summed E-state index contributed by atoms with van der Waals surface area (Å²) in [5.74, 6) is 7.25. The smallest absolute Gasteiger partial charge is 0.407 e. The van der Waals surface area contributed by atoms with Gasteiger partial charge in [-0.3, -0.25) is 4.79 Å². The van der Waals surface area contributed by atoms with Crippen LogP contribution in [-0.4, -0.2) is 287 Å². The lowest BCUT2D eigenvalue weighted by molar-refractivity contribution is -0.462. The Balaban J connectivity index is 0.000000150. The quantitative estimate of drug-likeness (QED) is 0.0115. The molecule has 770 valence electrons. The number of thioether (sulfide) groups is 1. The molecule has 30 nitrogen and oxygen atoms in total. The highest BCUT2D eigenvalue weighted by molar-refractivity contribution is 7.99. The number of nitrogens with zero attached hydrogens (tertiary/aromatic N) is 14. The molecule has 22 rings (SSSR count). The molecule has 150 heavy (non-hydrogen) atoms. The number of carbonyl (C=O) groups is 3. The number of alkyl carbamates (subject to hydrolysis) is 1. The zero-order valence-corrected chi connectivity index (χ0v) is 88.9. The number of hydrogen-bond donors (Lipinski definition) is 9. The van der Waals surface area contributed by atoms with Crippen LogP contribution in [0.1, 0.15) is 74.4 Å². The first-order valence-corrected chi connectivity index (χ1v) is 55.7. The second-order valence-corrected chi connectivity index (χ2v) is 46.5. The summed E-state index contributed by atoms with van der Waals surface area (Å²) in [4.78, 5) is 104. The summed E-state index contributed by atoms with van der Waals surface area (Å²) < 4.78 is 19.3. The molecule has 32 heteroatoms. The molecule has 4 aliphatic heterocycles. The second-order valence-electron chi connectivity index (χ2n) is 41.1. The number of anilines is 4. The van der Waals surface area contributed by atoms with Crippen molar-refractivity contribution in [1.29, 1.82) is 0 Å². The Hall–Kier alpha value is -15.6. The molecule has 0 radical (unpaired) electrons. The van der Waals surface area contributed by atoms with Crippen molar-refractivity contribution in [2.45, 2.75) is 71.1 Å². The molecule has 1 unspecified atom stereocenters. The van der Waals surface area contributed by atoms with Gasteiger partial charge in [-0.05, 0) is 312 Å². The number of carbonyl (C=O) groups excluding carboxylic acids is 3. The van der Waals surface area contributed by atoms with E-state index in [0.29, 0.717) is 38.3 Å². The summed E-state index contributed by atoms with van der Waals surface area (Å²) in [6.07, 6.45) is 9.96. The zero-order valence-electron chi connectivity index (χ0n) is 87.0. The molecule has 0 saturated carbocycles. The molecule has 0 bridgehead atoms. The summed E-state index contributed by atoms with van der Waals surface area (Å²) in [5, 5.41) is 30.5. The Morgan fingerprint density at radius 1 is 0.460 bits per heavy atom. The number of fused-ring (bicyclic) bond motifs is 8. The lowest BCUT2D eigenvalue weighted by Gasteiger charge is -2.41. The average Bonchev–Trinajstić information content (AvgIpc) is 1.08. The number of ether oxygens (including phenoxy) is 3.